The van der Waals surface area contributed by atoms with Crippen molar-refractivity contribution in [2.75, 3.05) is 32.0 Å². The first-order valence-corrected chi connectivity index (χ1v) is 14.0. The Bertz CT molecular complexity index is 1140. The van der Waals surface area contributed by atoms with Crippen molar-refractivity contribution in [1.82, 2.24) is 15.4 Å². The normalized spacial score (nSPS) is 18.8. The van der Waals surface area contributed by atoms with Gasteiger partial charge in [-0.3, -0.25) is 0 Å². The molecule has 1 atom stereocenters. The third-order valence-corrected chi connectivity index (χ3v) is 8.66. The zero-order valence-electron chi connectivity index (χ0n) is 19.6. The summed E-state index contributed by atoms with van der Waals surface area (Å²) in [5.41, 5.74) is 3.92. The lowest BCUT2D eigenvalue weighted by atomic mass is 9.58. The van der Waals surface area contributed by atoms with Crippen molar-refractivity contribution in [2.24, 2.45) is 0 Å². The van der Waals surface area contributed by atoms with Crippen molar-refractivity contribution in [1.29, 1.82) is 0 Å². The summed E-state index contributed by atoms with van der Waals surface area (Å²) in [4.78, 5) is 10.4. The average Bonchev–Trinajstić information content (AvgIpc) is 2.80. The van der Waals surface area contributed by atoms with Crippen LogP contribution in [0.25, 0.3) is 0 Å². The number of sulfonamides is 1. The van der Waals surface area contributed by atoms with Crippen LogP contribution in [0.4, 0.5) is 4.79 Å². The molecule has 1 aliphatic heterocycles. The van der Waals surface area contributed by atoms with E-state index in [1.807, 2.05) is 18.2 Å². The number of halogens is 1. The number of rotatable bonds is 11. The summed E-state index contributed by atoms with van der Waals surface area (Å²) in [6.45, 7) is 1.24. The van der Waals surface area contributed by atoms with E-state index in [1.165, 1.54) is 23.1 Å². The van der Waals surface area contributed by atoms with E-state index < -0.39 is 16.1 Å². The van der Waals surface area contributed by atoms with Gasteiger partial charge in [-0.15, -0.1) is 0 Å². The summed E-state index contributed by atoms with van der Waals surface area (Å²) in [6.07, 6.45) is 3.53. The van der Waals surface area contributed by atoms with Gasteiger partial charge >= 0.3 is 6.09 Å². The van der Waals surface area contributed by atoms with Crippen molar-refractivity contribution in [3.63, 3.8) is 0 Å². The largest absolute Gasteiger partial charge is 0.494 e. The minimum Gasteiger partial charge on any atom is -0.494 e. The van der Waals surface area contributed by atoms with Gasteiger partial charge in [-0.2, -0.15) is 0 Å². The van der Waals surface area contributed by atoms with Crippen molar-refractivity contribution in [3.05, 3.63) is 64.2 Å². The SMILES string of the molecule is O=C(O)NCCNS(=O)(=O)CCCOc1ccc2c(c1)C(C1(c3ccc(Cl)cc3)CCC1)NCC2. The summed E-state index contributed by atoms with van der Waals surface area (Å²) in [5.74, 6) is 0.647. The van der Waals surface area contributed by atoms with E-state index in [4.69, 9.17) is 21.4 Å². The van der Waals surface area contributed by atoms with Crippen molar-refractivity contribution < 1.29 is 23.1 Å². The van der Waals surface area contributed by atoms with Crippen molar-refractivity contribution in [2.45, 2.75) is 43.6 Å². The van der Waals surface area contributed by atoms with E-state index in [-0.39, 0.29) is 36.9 Å². The predicted octanol–water partition coefficient (Wildman–Crippen LogP) is 3.60. The lowest BCUT2D eigenvalue weighted by Gasteiger charge is -2.50. The number of ether oxygens (including phenoxy) is 1. The Morgan fingerprint density at radius 3 is 2.63 bits per heavy atom. The maximum atomic E-state index is 12.1. The number of hydrogen-bond acceptors (Lipinski definition) is 5. The number of hydrogen-bond donors (Lipinski definition) is 4. The molecule has 4 N–H and O–H groups in total. The molecule has 1 fully saturated rings. The second kappa shape index (κ2) is 11.2. The highest BCUT2D eigenvalue weighted by Gasteiger charge is 2.47. The Balaban J connectivity index is 1.38. The van der Waals surface area contributed by atoms with Crippen molar-refractivity contribution in [3.8, 4) is 5.75 Å². The Morgan fingerprint density at radius 2 is 1.94 bits per heavy atom. The maximum absolute atomic E-state index is 12.1. The second-order valence-corrected chi connectivity index (χ2v) is 11.5. The van der Waals surface area contributed by atoms with Gasteiger partial charge in [0.05, 0.1) is 12.4 Å². The highest BCUT2D eigenvalue weighted by Crippen LogP contribution is 2.53. The van der Waals surface area contributed by atoms with Crippen LogP contribution < -0.4 is 20.1 Å². The molecule has 2 aromatic rings. The van der Waals surface area contributed by atoms with Crippen LogP contribution in [0.3, 0.4) is 0 Å². The van der Waals surface area contributed by atoms with E-state index in [0.29, 0.717) is 6.42 Å². The van der Waals surface area contributed by atoms with Gasteiger partial charge in [0.2, 0.25) is 10.0 Å². The first kappa shape index (κ1) is 25.8. The standard InChI is InChI=1S/C25H32ClN3O5S/c26-20-6-4-19(5-7-20)25(10-1-11-25)23-22-17-21(8-3-18(22)9-12-27-23)34-15-2-16-35(32,33)29-14-13-28-24(30)31/h3-8,17,23,27-29H,1-2,9-16H2,(H,30,31). The first-order valence-electron chi connectivity index (χ1n) is 12.0. The fourth-order valence-corrected chi connectivity index (χ4v) is 6.27. The molecular weight excluding hydrogens is 490 g/mol. The number of amides is 1. The number of carbonyl (C=O) groups is 1. The molecule has 1 heterocycles. The zero-order chi connectivity index (χ0) is 24.9. The van der Waals surface area contributed by atoms with Gasteiger partial charge in [0.25, 0.3) is 0 Å². The zero-order valence-corrected chi connectivity index (χ0v) is 21.1. The molecule has 0 spiro atoms. The van der Waals surface area contributed by atoms with E-state index in [1.54, 1.807) is 0 Å². The van der Waals surface area contributed by atoms with Gasteiger partial charge in [-0.05, 0) is 73.2 Å². The molecule has 0 aromatic heterocycles. The molecule has 2 aromatic carbocycles. The topological polar surface area (TPSA) is 117 Å². The van der Waals surface area contributed by atoms with Crippen molar-refractivity contribution >= 4 is 27.7 Å². The second-order valence-electron chi connectivity index (χ2n) is 9.16. The predicted molar refractivity (Wildman–Crippen MR) is 136 cm³/mol. The minimum absolute atomic E-state index is 0.0179. The van der Waals surface area contributed by atoms with E-state index in [0.717, 1.165) is 36.6 Å². The molecule has 190 valence electrons. The molecule has 8 nitrogen and oxygen atoms in total. The van der Waals surface area contributed by atoms with Gasteiger partial charge in [-0.25, -0.2) is 17.9 Å². The summed E-state index contributed by atoms with van der Waals surface area (Å²) in [7, 11) is -3.49. The maximum Gasteiger partial charge on any atom is 0.404 e. The number of nitrogens with one attached hydrogen (secondary N) is 3. The molecule has 0 saturated heterocycles. The van der Waals surface area contributed by atoms with Crippen LogP contribution in [0.15, 0.2) is 42.5 Å². The van der Waals surface area contributed by atoms with Crippen LogP contribution in [0.5, 0.6) is 5.75 Å². The fraction of sp³-hybridized carbons (Fsp3) is 0.480. The number of fused-ring (bicyclic) bond motifs is 1. The highest BCUT2D eigenvalue weighted by atomic mass is 35.5. The number of carboxylic acid groups (broad SMARTS) is 1. The molecular formula is C25H32ClN3O5S. The Morgan fingerprint density at radius 1 is 1.17 bits per heavy atom. The van der Waals surface area contributed by atoms with E-state index >= 15 is 0 Å². The van der Waals surface area contributed by atoms with E-state index in [2.05, 4.69) is 39.6 Å². The number of benzene rings is 2. The van der Waals surface area contributed by atoms with Gasteiger partial charge in [-0.1, -0.05) is 36.2 Å². The summed E-state index contributed by atoms with van der Waals surface area (Å²) in [6, 6.07) is 14.6. The average molecular weight is 522 g/mol. The van der Waals surface area contributed by atoms with Crippen LogP contribution in [0.1, 0.15) is 48.4 Å². The molecule has 0 bridgehead atoms. The molecule has 1 aliphatic carbocycles. The lowest BCUT2D eigenvalue weighted by Crippen LogP contribution is -2.49. The van der Waals surface area contributed by atoms with Crippen LogP contribution in [-0.2, 0) is 21.9 Å². The molecule has 1 unspecified atom stereocenters. The fourth-order valence-electron chi connectivity index (χ4n) is 5.08. The molecule has 35 heavy (non-hydrogen) atoms. The van der Waals surface area contributed by atoms with Crippen LogP contribution >= 0.6 is 11.6 Å². The van der Waals surface area contributed by atoms with Gasteiger partial charge in [0.1, 0.15) is 5.75 Å². The molecule has 4 rings (SSSR count). The Labute approximate surface area is 211 Å². The lowest BCUT2D eigenvalue weighted by molar-refractivity contribution is 0.164. The van der Waals surface area contributed by atoms with Gasteiger partial charge in [0, 0.05) is 29.6 Å². The van der Waals surface area contributed by atoms with Gasteiger partial charge < -0.3 is 20.5 Å². The molecule has 2 aliphatic rings. The third-order valence-electron chi connectivity index (χ3n) is 6.94. The minimum atomic E-state index is -3.49. The molecule has 1 amide bonds. The molecule has 0 radical (unpaired) electrons. The third kappa shape index (κ3) is 6.27. The first-order chi connectivity index (χ1) is 16.8. The Kier molecular flexibility index (Phi) is 8.21. The highest BCUT2D eigenvalue weighted by molar-refractivity contribution is 7.89. The summed E-state index contributed by atoms with van der Waals surface area (Å²) in [5, 5.41) is 15.2. The Hall–Kier alpha value is -2.33. The van der Waals surface area contributed by atoms with Crippen LogP contribution in [0, 0.1) is 0 Å². The summed E-state index contributed by atoms with van der Waals surface area (Å²) >= 11 is 6.14. The summed E-state index contributed by atoms with van der Waals surface area (Å²) < 4.78 is 32.5. The quantitative estimate of drug-likeness (QED) is 0.336. The monoisotopic (exact) mass is 521 g/mol. The molecule has 1 saturated carbocycles. The van der Waals surface area contributed by atoms with Gasteiger partial charge in [0.15, 0.2) is 0 Å². The van der Waals surface area contributed by atoms with E-state index in [9.17, 15) is 13.2 Å². The molecule has 10 heteroatoms. The smallest absolute Gasteiger partial charge is 0.404 e. The van der Waals surface area contributed by atoms with Crippen LogP contribution in [0.2, 0.25) is 5.02 Å². The van der Waals surface area contributed by atoms with Crippen LogP contribution in [-0.4, -0.2) is 51.6 Å².